The second-order valence-electron chi connectivity index (χ2n) is 5.90. The average Bonchev–Trinajstić information content (AvgIpc) is 2.97. The summed E-state index contributed by atoms with van der Waals surface area (Å²) >= 11 is 1.62. The lowest BCUT2D eigenvalue weighted by Crippen LogP contribution is -2.45. The molecule has 20 heavy (non-hydrogen) atoms. The van der Waals surface area contributed by atoms with E-state index in [1.54, 1.807) is 16.2 Å². The molecule has 1 amide bonds. The Bertz CT molecular complexity index is 473. The van der Waals surface area contributed by atoms with E-state index in [0.717, 1.165) is 23.7 Å². The minimum Gasteiger partial charge on any atom is -0.390 e. The van der Waals surface area contributed by atoms with Crippen molar-refractivity contribution in [3.05, 3.63) is 16.1 Å². The van der Waals surface area contributed by atoms with Crippen LogP contribution in [0.4, 0.5) is 0 Å². The highest BCUT2D eigenvalue weighted by atomic mass is 32.1. The van der Waals surface area contributed by atoms with Crippen molar-refractivity contribution in [3.63, 3.8) is 0 Å². The Morgan fingerprint density at radius 2 is 2.35 bits per heavy atom. The summed E-state index contributed by atoms with van der Waals surface area (Å²) in [6.45, 7) is 7.72. The first kappa shape index (κ1) is 15.4. The second kappa shape index (κ2) is 6.20. The van der Waals surface area contributed by atoms with E-state index in [1.807, 2.05) is 12.3 Å². The highest BCUT2D eigenvalue weighted by Gasteiger charge is 2.26. The molecule has 6 heteroatoms. The predicted octanol–water partition coefficient (Wildman–Crippen LogP) is 1.26. The molecule has 0 bridgehead atoms. The molecule has 112 valence electrons. The zero-order valence-electron chi connectivity index (χ0n) is 12.3. The number of hydrogen-bond acceptors (Lipinski definition) is 5. The Kier molecular flexibility index (Phi) is 4.78. The largest absolute Gasteiger partial charge is 0.390 e. The molecule has 0 aromatic carbocycles. The Morgan fingerprint density at radius 1 is 1.60 bits per heavy atom. The Morgan fingerprint density at radius 3 is 2.90 bits per heavy atom. The molecule has 2 heterocycles. The highest BCUT2D eigenvalue weighted by Crippen LogP contribution is 2.23. The van der Waals surface area contributed by atoms with E-state index in [-0.39, 0.29) is 11.4 Å². The number of likely N-dealkylation sites (tertiary alicyclic amines) is 1. The van der Waals surface area contributed by atoms with Crippen LogP contribution in [0.15, 0.2) is 5.38 Å². The first-order valence-corrected chi connectivity index (χ1v) is 7.90. The van der Waals surface area contributed by atoms with Crippen LogP contribution in [-0.4, -0.2) is 46.6 Å². The number of rotatable bonds is 6. The molecule has 1 aliphatic heterocycles. The van der Waals surface area contributed by atoms with Crippen LogP contribution < -0.4 is 5.32 Å². The maximum absolute atomic E-state index is 11.5. The first-order valence-electron chi connectivity index (χ1n) is 7.02. The summed E-state index contributed by atoms with van der Waals surface area (Å²) in [5, 5.41) is 16.4. The molecule has 0 aliphatic carbocycles. The third-order valence-corrected chi connectivity index (χ3v) is 4.82. The van der Waals surface area contributed by atoms with Gasteiger partial charge in [0.05, 0.1) is 11.6 Å². The first-order chi connectivity index (χ1) is 9.38. The van der Waals surface area contributed by atoms with Crippen LogP contribution in [0.3, 0.4) is 0 Å². The lowest BCUT2D eigenvalue weighted by atomic mass is 10.1. The molecular formula is C14H23N3O2S. The Hall–Kier alpha value is -0.980. The molecule has 5 nitrogen and oxygen atoms in total. The minimum absolute atomic E-state index is 0.152. The molecule has 1 aliphatic rings. The summed E-state index contributed by atoms with van der Waals surface area (Å²) in [4.78, 5) is 17.7. The highest BCUT2D eigenvalue weighted by molar-refractivity contribution is 7.09. The van der Waals surface area contributed by atoms with Gasteiger partial charge in [0.15, 0.2) is 0 Å². The Balaban J connectivity index is 1.83. The van der Waals surface area contributed by atoms with Gasteiger partial charge in [0.25, 0.3) is 0 Å². The van der Waals surface area contributed by atoms with Crippen molar-refractivity contribution >= 4 is 17.2 Å². The number of thiazole rings is 1. The van der Waals surface area contributed by atoms with E-state index >= 15 is 0 Å². The third kappa shape index (κ3) is 3.77. The van der Waals surface area contributed by atoms with Crippen LogP contribution >= 0.6 is 11.3 Å². The van der Waals surface area contributed by atoms with Gasteiger partial charge in [-0.3, -0.25) is 4.79 Å². The lowest BCUT2D eigenvalue weighted by Gasteiger charge is -2.27. The van der Waals surface area contributed by atoms with Crippen molar-refractivity contribution in [2.24, 2.45) is 0 Å². The molecule has 1 saturated heterocycles. The molecule has 1 atom stereocenters. The summed E-state index contributed by atoms with van der Waals surface area (Å²) < 4.78 is 0. The number of nitrogens with zero attached hydrogens (tertiary/aromatic N) is 2. The summed E-state index contributed by atoms with van der Waals surface area (Å²) in [5.74, 6) is 0.152. The molecule has 0 radical (unpaired) electrons. The number of aryl methyl sites for hydroxylation is 1. The zero-order chi connectivity index (χ0) is 14.8. The van der Waals surface area contributed by atoms with Gasteiger partial charge in [-0.15, -0.1) is 11.3 Å². The number of carbonyl (C=O) groups excluding carboxylic acids is 1. The molecule has 1 fully saturated rings. The molecule has 0 spiro atoms. The molecule has 2 rings (SSSR count). The van der Waals surface area contributed by atoms with Crippen molar-refractivity contribution in [2.45, 2.75) is 45.3 Å². The van der Waals surface area contributed by atoms with Gasteiger partial charge in [-0.25, -0.2) is 4.98 Å². The standard InChI is InChI=1S/C14H23N3O2S/c1-10-9-20-13(16-10)14(2,3)15-7-11(18)8-17-6-4-5-12(17)19/h9,11,15,18H,4-8H2,1-3H3. The van der Waals surface area contributed by atoms with Gasteiger partial charge in [0.1, 0.15) is 5.01 Å². The third-order valence-electron chi connectivity index (χ3n) is 3.54. The molecule has 1 unspecified atom stereocenters. The van der Waals surface area contributed by atoms with Crippen LogP contribution in [0.25, 0.3) is 0 Å². The monoisotopic (exact) mass is 297 g/mol. The van der Waals surface area contributed by atoms with E-state index in [1.165, 1.54) is 0 Å². The molecule has 2 N–H and O–H groups in total. The second-order valence-corrected chi connectivity index (χ2v) is 6.76. The van der Waals surface area contributed by atoms with Crippen molar-refractivity contribution in [2.75, 3.05) is 19.6 Å². The summed E-state index contributed by atoms with van der Waals surface area (Å²) in [6.07, 6.45) is 0.977. The van der Waals surface area contributed by atoms with Gasteiger partial charge in [-0.1, -0.05) is 0 Å². The van der Waals surface area contributed by atoms with E-state index in [4.69, 9.17) is 0 Å². The predicted molar refractivity (Wildman–Crippen MR) is 79.7 cm³/mol. The van der Waals surface area contributed by atoms with Crippen molar-refractivity contribution in [1.82, 2.24) is 15.2 Å². The van der Waals surface area contributed by atoms with Crippen LogP contribution in [0, 0.1) is 6.92 Å². The lowest BCUT2D eigenvalue weighted by molar-refractivity contribution is -0.128. The quantitative estimate of drug-likeness (QED) is 0.829. The zero-order valence-corrected chi connectivity index (χ0v) is 13.2. The van der Waals surface area contributed by atoms with Gasteiger partial charge in [-0.2, -0.15) is 0 Å². The van der Waals surface area contributed by atoms with Gasteiger partial charge >= 0.3 is 0 Å². The maximum atomic E-state index is 11.5. The van der Waals surface area contributed by atoms with Crippen molar-refractivity contribution in [1.29, 1.82) is 0 Å². The summed E-state index contributed by atoms with van der Waals surface area (Å²) in [5.41, 5.74) is 0.748. The fourth-order valence-electron chi connectivity index (χ4n) is 2.31. The minimum atomic E-state index is -0.544. The fourth-order valence-corrected chi connectivity index (χ4v) is 3.20. The van der Waals surface area contributed by atoms with Crippen LogP contribution in [0.2, 0.25) is 0 Å². The van der Waals surface area contributed by atoms with Crippen molar-refractivity contribution in [3.8, 4) is 0 Å². The SMILES string of the molecule is Cc1csc(C(C)(C)NCC(O)CN2CCCC2=O)n1. The molecular weight excluding hydrogens is 274 g/mol. The van der Waals surface area contributed by atoms with Crippen LogP contribution in [0.1, 0.15) is 37.4 Å². The topological polar surface area (TPSA) is 65.5 Å². The van der Waals surface area contributed by atoms with Gasteiger partial charge in [0, 0.05) is 37.1 Å². The molecule has 0 saturated carbocycles. The average molecular weight is 297 g/mol. The maximum Gasteiger partial charge on any atom is 0.222 e. The fraction of sp³-hybridized carbons (Fsp3) is 0.714. The molecule has 1 aromatic rings. The number of aliphatic hydroxyl groups excluding tert-OH is 1. The summed E-state index contributed by atoms with van der Waals surface area (Å²) in [6, 6.07) is 0. The number of aliphatic hydroxyl groups is 1. The Labute approximate surface area is 124 Å². The number of hydrogen-bond donors (Lipinski definition) is 2. The number of amides is 1. The van der Waals surface area contributed by atoms with E-state index in [9.17, 15) is 9.90 Å². The summed E-state index contributed by atoms with van der Waals surface area (Å²) in [7, 11) is 0. The van der Waals surface area contributed by atoms with Crippen LogP contribution in [0.5, 0.6) is 0 Å². The normalized spacial score (nSPS) is 17.8. The number of aromatic nitrogens is 1. The number of nitrogens with one attached hydrogen (secondary N) is 1. The van der Waals surface area contributed by atoms with Gasteiger partial charge < -0.3 is 15.3 Å². The van der Waals surface area contributed by atoms with Gasteiger partial charge in [-0.05, 0) is 27.2 Å². The number of β-amino-alcohol motifs (C(OH)–C–C–N with tert-alkyl or cyclic N) is 1. The van der Waals surface area contributed by atoms with Gasteiger partial charge in [0.2, 0.25) is 5.91 Å². The van der Waals surface area contributed by atoms with Crippen molar-refractivity contribution < 1.29 is 9.90 Å². The number of carbonyl (C=O) groups is 1. The van der Waals surface area contributed by atoms with E-state index in [2.05, 4.69) is 24.1 Å². The van der Waals surface area contributed by atoms with E-state index < -0.39 is 6.10 Å². The van der Waals surface area contributed by atoms with E-state index in [0.29, 0.717) is 19.5 Å². The smallest absolute Gasteiger partial charge is 0.222 e. The van der Waals surface area contributed by atoms with Crippen LogP contribution in [-0.2, 0) is 10.3 Å². The molecule has 1 aromatic heterocycles.